The molecular formula is C14H17BrN2OS. The highest BCUT2D eigenvalue weighted by molar-refractivity contribution is 9.10. The molecule has 19 heavy (non-hydrogen) atoms. The number of aromatic nitrogens is 1. The van der Waals surface area contributed by atoms with Crippen molar-refractivity contribution in [1.82, 2.24) is 4.98 Å². The first-order valence-corrected chi connectivity index (χ1v) is 7.69. The van der Waals surface area contributed by atoms with Crippen LogP contribution in [0.15, 0.2) is 22.7 Å². The van der Waals surface area contributed by atoms with Crippen molar-refractivity contribution >= 4 is 27.3 Å². The maximum atomic E-state index is 5.97. The first kappa shape index (κ1) is 14.5. The number of hydrogen-bond acceptors (Lipinski definition) is 4. The van der Waals surface area contributed by atoms with Crippen molar-refractivity contribution in [3.05, 3.63) is 43.8 Å². The summed E-state index contributed by atoms with van der Waals surface area (Å²) in [6.45, 7) is 6.53. The van der Waals surface area contributed by atoms with E-state index >= 15 is 0 Å². The van der Waals surface area contributed by atoms with E-state index in [1.165, 1.54) is 4.88 Å². The van der Waals surface area contributed by atoms with Crippen molar-refractivity contribution in [3.63, 3.8) is 0 Å². The zero-order chi connectivity index (χ0) is 14.0. The van der Waals surface area contributed by atoms with Gasteiger partial charge in [0.1, 0.15) is 17.4 Å². The second-order valence-electron chi connectivity index (χ2n) is 4.51. The van der Waals surface area contributed by atoms with E-state index in [-0.39, 0.29) is 6.04 Å². The third-order valence-corrected chi connectivity index (χ3v) is 4.43. The summed E-state index contributed by atoms with van der Waals surface area (Å²) >= 11 is 5.13. The highest BCUT2D eigenvalue weighted by Crippen LogP contribution is 2.28. The molecule has 0 amide bonds. The van der Waals surface area contributed by atoms with Crippen molar-refractivity contribution < 1.29 is 4.74 Å². The Bertz CT molecular complexity index is 561. The molecule has 0 radical (unpaired) electrons. The van der Waals surface area contributed by atoms with Crippen LogP contribution in [0, 0.1) is 13.8 Å². The van der Waals surface area contributed by atoms with Crippen molar-refractivity contribution in [1.29, 1.82) is 0 Å². The molecule has 102 valence electrons. The largest absolute Gasteiger partial charge is 0.486 e. The van der Waals surface area contributed by atoms with Crippen LogP contribution in [-0.4, -0.2) is 4.98 Å². The standard InChI is InChI=1S/C14H17BrN2OS/c1-8(16)12-6-11(15)4-5-13(12)18-7-14-17-9(2)10(3)19-14/h4-6,8H,7,16H2,1-3H3/t8-/m1/s1. The van der Waals surface area contributed by atoms with Crippen LogP contribution in [0.5, 0.6) is 5.75 Å². The van der Waals surface area contributed by atoms with E-state index in [1.54, 1.807) is 11.3 Å². The number of hydrogen-bond donors (Lipinski definition) is 1. The average Bonchev–Trinajstić information content (AvgIpc) is 2.67. The molecule has 0 aliphatic heterocycles. The van der Waals surface area contributed by atoms with Crippen LogP contribution in [0.1, 0.15) is 34.1 Å². The molecule has 1 heterocycles. The molecule has 1 aromatic heterocycles. The zero-order valence-corrected chi connectivity index (χ0v) is 13.6. The predicted molar refractivity (Wildman–Crippen MR) is 82.7 cm³/mol. The fraction of sp³-hybridized carbons (Fsp3) is 0.357. The molecule has 1 atom stereocenters. The Morgan fingerprint density at radius 2 is 2.16 bits per heavy atom. The fourth-order valence-corrected chi connectivity index (χ4v) is 2.97. The summed E-state index contributed by atoms with van der Waals surface area (Å²) in [5.41, 5.74) is 8.04. The van der Waals surface area contributed by atoms with Gasteiger partial charge < -0.3 is 10.5 Å². The lowest BCUT2D eigenvalue weighted by atomic mass is 10.1. The van der Waals surface area contributed by atoms with Crippen molar-refractivity contribution in [2.75, 3.05) is 0 Å². The van der Waals surface area contributed by atoms with Gasteiger partial charge in [0, 0.05) is 21.0 Å². The number of rotatable bonds is 4. The quantitative estimate of drug-likeness (QED) is 0.910. The number of aryl methyl sites for hydroxylation is 2. The summed E-state index contributed by atoms with van der Waals surface area (Å²) in [5.74, 6) is 0.823. The zero-order valence-electron chi connectivity index (χ0n) is 11.2. The van der Waals surface area contributed by atoms with Gasteiger partial charge in [-0.05, 0) is 39.0 Å². The Kier molecular flexibility index (Phi) is 4.60. The van der Waals surface area contributed by atoms with Gasteiger partial charge in [0.05, 0.1) is 5.69 Å². The van der Waals surface area contributed by atoms with Gasteiger partial charge >= 0.3 is 0 Å². The Morgan fingerprint density at radius 1 is 1.42 bits per heavy atom. The summed E-state index contributed by atoms with van der Waals surface area (Å²) in [4.78, 5) is 5.71. The molecule has 0 fully saturated rings. The van der Waals surface area contributed by atoms with Gasteiger partial charge in [0.2, 0.25) is 0 Å². The average molecular weight is 341 g/mol. The molecule has 5 heteroatoms. The molecule has 2 rings (SSSR count). The third-order valence-electron chi connectivity index (χ3n) is 2.89. The lowest BCUT2D eigenvalue weighted by molar-refractivity contribution is 0.300. The van der Waals surface area contributed by atoms with Gasteiger partial charge in [0.25, 0.3) is 0 Å². The van der Waals surface area contributed by atoms with Crippen molar-refractivity contribution in [2.24, 2.45) is 5.73 Å². The number of thiazole rings is 1. The monoisotopic (exact) mass is 340 g/mol. The first-order valence-electron chi connectivity index (χ1n) is 6.08. The SMILES string of the molecule is Cc1nc(COc2ccc(Br)cc2[C@@H](C)N)sc1C. The van der Waals surface area contributed by atoms with Gasteiger partial charge in [-0.1, -0.05) is 15.9 Å². The number of nitrogens with zero attached hydrogens (tertiary/aromatic N) is 1. The molecule has 2 N–H and O–H groups in total. The van der Waals surface area contributed by atoms with E-state index in [9.17, 15) is 0 Å². The number of halogens is 1. The molecule has 0 saturated carbocycles. The highest BCUT2D eigenvalue weighted by Gasteiger charge is 2.10. The van der Waals surface area contributed by atoms with E-state index in [2.05, 4.69) is 27.8 Å². The van der Waals surface area contributed by atoms with Gasteiger partial charge in [-0.25, -0.2) is 4.98 Å². The van der Waals surface area contributed by atoms with Gasteiger partial charge in [-0.3, -0.25) is 0 Å². The van der Waals surface area contributed by atoms with Crippen molar-refractivity contribution in [2.45, 2.75) is 33.4 Å². The topological polar surface area (TPSA) is 48.1 Å². The number of ether oxygens (including phenoxy) is 1. The van der Waals surface area contributed by atoms with Crippen LogP contribution in [0.2, 0.25) is 0 Å². The molecule has 0 aliphatic rings. The predicted octanol–water partition coefficient (Wildman–Crippen LogP) is 4.12. The third kappa shape index (κ3) is 3.55. The van der Waals surface area contributed by atoms with E-state index in [1.807, 2.05) is 32.0 Å². The fourth-order valence-electron chi connectivity index (χ4n) is 1.75. The van der Waals surface area contributed by atoms with Crippen molar-refractivity contribution in [3.8, 4) is 5.75 Å². The number of nitrogens with two attached hydrogens (primary N) is 1. The summed E-state index contributed by atoms with van der Waals surface area (Å²) in [5, 5.41) is 0.994. The summed E-state index contributed by atoms with van der Waals surface area (Å²) < 4.78 is 6.86. The Hall–Kier alpha value is -0.910. The maximum Gasteiger partial charge on any atom is 0.140 e. The second kappa shape index (κ2) is 6.03. The smallest absolute Gasteiger partial charge is 0.140 e. The van der Waals surface area contributed by atoms with Crippen LogP contribution in [0.25, 0.3) is 0 Å². The van der Waals surface area contributed by atoms with Crippen LogP contribution >= 0.6 is 27.3 Å². The molecule has 1 aromatic carbocycles. The summed E-state index contributed by atoms with van der Waals surface area (Å²) in [7, 11) is 0. The van der Waals surface area contributed by atoms with E-state index in [0.717, 1.165) is 26.5 Å². The molecule has 0 spiro atoms. The Labute approximate surface area is 125 Å². The molecule has 2 aromatic rings. The van der Waals surface area contributed by atoms with E-state index < -0.39 is 0 Å². The minimum Gasteiger partial charge on any atom is -0.486 e. The van der Waals surface area contributed by atoms with E-state index in [0.29, 0.717) is 6.61 Å². The second-order valence-corrected chi connectivity index (χ2v) is 6.71. The number of benzene rings is 1. The Balaban J connectivity index is 2.15. The van der Waals surface area contributed by atoms with Gasteiger partial charge in [-0.2, -0.15) is 0 Å². The van der Waals surface area contributed by atoms with E-state index in [4.69, 9.17) is 10.5 Å². The molecule has 3 nitrogen and oxygen atoms in total. The van der Waals surface area contributed by atoms with Gasteiger partial charge in [-0.15, -0.1) is 11.3 Å². The summed E-state index contributed by atoms with van der Waals surface area (Å²) in [6.07, 6.45) is 0. The molecule has 0 unspecified atom stereocenters. The van der Waals surface area contributed by atoms with Crippen LogP contribution in [0.3, 0.4) is 0 Å². The Morgan fingerprint density at radius 3 is 2.74 bits per heavy atom. The molecule has 0 bridgehead atoms. The lowest BCUT2D eigenvalue weighted by Crippen LogP contribution is -2.08. The van der Waals surface area contributed by atoms with Crippen LogP contribution in [0.4, 0.5) is 0 Å². The first-order chi connectivity index (χ1) is 8.97. The minimum atomic E-state index is -0.0627. The van der Waals surface area contributed by atoms with Gasteiger partial charge in [0.15, 0.2) is 0 Å². The molecule has 0 saturated heterocycles. The summed E-state index contributed by atoms with van der Waals surface area (Å²) in [6, 6.07) is 5.83. The lowest BCUT2D eigenvalue weighted by Gasteiger charge is -2.13. The minimum absolute atomic E-state index is 0.0627. The maximum absolute atomic E-state index is 5.97. The molecular weight excluding hydrogens is 324 g/mol. The van der Waals surface area contributed by atoms with Crippen LogP contribution in [-0.2, 0) is 6.61 Å². The van der Waals surface area contributed by atoms with Crippen LogP contribution < -0.4 is 10.5 Å². The normalized spacial score (nSPS) is 12.5. The molecule has 0 aliphatic carbocycles. The highest BCUT2D eigenvalue weighted by atomic mass is 79.9.